The van der Waals surface area contributed by atoms with Crippen molar-refractivity contribution in [2.24, 2.45) is 5.73 Å². The molecule has 0 radical (unpaired) electrons. The molecule has 0 bridgehead atoms. The Hall–Kier alpha value is -1.14. The lowest BCUT2D eigenvalue weighted by atomic mass is 10.1. The van der Waals surface area contributed by atoms with Gasteiger partial charge < -0.3 is 15.2 Å². The summed E-state index contributed by atoms with van der Waals surface area (Å²) in [5, 5.41) is 2.80. The Balaban J connectivity index is 2.48. The van der Waals surface area contributed by atoms with Crippen LogP contribution in [0.3, 0.4) is 0 Å². The van der Waals surface area contributed by atoms with Gasteiger partial charge in [0.05, 0.1) is 0 Å². The molecular weight excluding hydrogens is 212 g/mol. The second-order valence-electron chi connectivity index (χ2n) is 4.86. The molecule has 0 amide bonds. The highest BCUT2D eigenvalue weighted by atomic mass is 16.7. The van der Waals surface area contributed by atoms with E-state index in [2.05, 4.69) is 10.1 Å². The van der Waals surface area contributed by atoms with Crippen molar-refractivity contribution in [2.75, 3.05) is 6.54 Å². The minimum absolute atomic E-state index is 0.453. The van der Waals surface area contributed by atoms with E-state index >= 15 is 0 Å². The van der Waals surface area contributed by atoms with Gasteiger partial charge in [0.1, 0.15) is 5.60 Å². The molecule has 0 aliphatic carbocycles. The minimum Gasteiger partial charge on any atom is -0.428 e. The van der Waals surface area contributed by atoms with E-state index in [1.165, 1.54) is 0 Å². The third-order valence-electron chi connectivity index (χ3n) is 2.12. The van der Waals surface area contributed by atoms with Crippen molar-refractivity contribution >= 4 is 12.1 Å². The molecule has 0 aromatic heterocycles. The summed E-state index contributed by atoms with van der Waals surface area (Å²) in [4.78, 5) is 22.8. The molecule has 0 aromatic carbocycles. The van der Waals surface area contributed by atoms with Gasteiger partial charge in [0.25, 0.3) is 0 Å². The van der Waals surface area contributed by atoms with Crippen LogP contribution in [0.2, 0.25) is 0 Å². The number of hydrogen-bond acceptors (Lipinski definition) is 6. The van der Waals surface area contributed by atoms with E-state index < -0.39 is 23.4 Å². The Morgan fingerprint density at radius 1 is 1.38 bits per heavy atom. The Kier molecular flexibility index (Phi) is 3.54. The maximum absolute atomic E-state index is 11.6. The summed E-state index contributed by atoms with van der Waals surface area (Å²) in [6.45, 7) is 5.69. The maximum Gasteiger partial charge on any atom is 0.516 e. The van der Waals surface area contributed by atoms with Crippen LogP contribution in [0.1, 0.15) is 33.6 Å². The molecule has 6 nitrogen and oxygen atoms in total. The van der Waals surface area contributed by atoms with Gasteiger partial charge in [-0.1, -0.05) is 0 Å². The number of carbonyl (C=O) groups excluding carboxylic acids is 2. The maximum atomic E-state index is 11.6. The van der Waals surface area contributed by atoms with Crippen molar-refractivity contribution in [2.45, 2.75) is 44.9 Å². The van der Waals surface area contributed by atoms with Crippen LogP contribution in [0.5, 0.6) is 0 Å². The first-order valence-corrected chi connectivity index (χ1v) is 5.22. The Morgan fingerprint density at radius 2 is 2.00 bits per heavy atom. The monoisotopic (exact) mass is 230 g/mol. The number of rotatable bonds is 1. The molecular formula is C10H18N2O4. The van der Waals surface area contributed by atoms with Gasteiger partial charge in [-0.3, -0.25) is 5.32 Å². The zero-order valence-electron chi connectivity index (χ0n) is 9.83. The summed E-state index contributed by atoms with van der Waals surface area (Å²) in [6.07, 6.45) is 0.213. The van der Waals surface area contributed by atoms with Crippen LogP contribution in [0, 0.1) is 0 Å². The van der Waals surface area contributed by atoms with Gasteiger partial charge in [0.2, 0.25) is 0 Å². The smallest absolute Gasteiger partial charge is 0.428 e. The van der Waals surface area contributed by atoms with E-state index in [0.717, 1.165) is 6.42 Å². The predicted molar refractivity (Wildman–Crippen MR) is 56.5 cm³/mol. The standard InChI is InChI=1S/C10H18N2O4/c1-9(2,3)16-8(14)15-7(13)10(11)5-4-6-12-10/h12H,4-6,11H2,1-3H3/t10-/m0/s1. The highest BCUT2D eigenvalue weighted by Crippen LogP contribution is 2.16. The molecule has 16 heavy (non-hydrogen) atoms. The van der Waals surface area contributed by atoms with Crippen LogP contribution in [0.15, 0.2) is 0 Å². The van der Waals surface area contributed by atoms with Gasteiger partial charge in [0, 0.05) is 0 Å². The molecule has 92 valence electrons. The molecule has 1 fully saturated rings. The van der Waals surface area contributed by atoms with Crippen LogP contribution >= 0.6 is 0 Å². The van der Waals surface area contributed by atoms with Crippen molar-refractivity contribution in [3.63, 3.8) is 0 Å². The lowest BCUT2D eigenvalue weighted by Gasteiger charge is -2.23. The minimum atomic E-state index is -1.25. The first-order valence-electron chi connectivity index (χ1n) is 5.22. The number of ether oxygens (including phenoxy) is 2. The average molecular weight is 230 g/mol. The van der Waals surface area contributed by atoms with Crippen LogP contribution in [0.4, 0.5) is 4.79 Å². The first-order chi connectivity index (χ1) is 7.23. The Morgan fingerprint density at radius 3 is 2.44 bits per heavy atom. The number of esters is 1. The zero-order valence-corrected chi connectivity index (χ0v) is 9.83. The van der Waals surface area contributed by atoms with E-state index in [1.807, 2.05) is 0 Å². The molecule has 1 rings (SSSR count). The van der Waals surface area contributed by atoms with Gasteiger partial charge in [0.15, 0.2) is 5.66 Å². The third kappa shape index (κ3) is 3.46. The van der Waals surface area contributed by atoms with Crippen molar-refractivity contribution in [3.05, 3.63) is 0 Å². The quantitative estimate of drug-likeness (QED) is 0.503. The SMILES string of the molecule is CC(C)(C)OC(=O)OC(=O)[C@]1(N)CCCN1. The normalized spacial score (nSPS) is 25.2. The van der Waals surface area contributed by atoms with E-state index in [-0.39, 0.29) is 0 Å². The van der Waals surface area contributed by atoms with Gasteiger partial charge in [-0.05, 0) is 40.2 Å². The van der Waals surface area contributed by atoms with Gasteiger partial charge >= 0.3 is 12.1 Å². The third-order valence-corrected chi connectivity index (χ3v) is 2.12. The molecule has 3 N–H and O–H groups in total. The fourth-order valence-electron chi connectivity index (χ4n) is 1.38. The Bertz CT molecular complexity index is 290. The summed E-state index contributed by atoms with van der Waals surface area (Å²) in [5.41, 5.74) is 3.78. The molecule has 1 atom stereocenters. The summed E-state index contributed by atoms with van der Waals surface area (Å²) in [7, 11) is 0. The summed E-state index contributed by atoms with van der Waals surface area (Å²) >= 11 is 0. The van der Waals surface area contributed by atoms with Crippen molar-refractivity contribution in [3.8, 4) is 0 Å². The van der Waals surface area contributed by atoms with Crippen molar-refractivity contribution in [1.82, 2.24) is 5.32 Å². The van der Waals surface area contributed by atoms with E-state index in [4.69, 9.17) is 10.5 Å². The Labute approximate surface area is 94.5 Å². The molecule has 0 saturated carbocycles. The van der Waals surface area contributed by atoms with Crippen LogP contribution in [-0.4, -0.2) is 29.9 Å². The molecule has 0 spiro atoms. The van der Waals surface area contributed by atoms with Gasteiger partial charge in [-0.2, -0.15) is 0 Å². The van der Waals surface area contributed by atoms with Crippen LogP contribution in [0.25, 0.3) is 0 Å². The van der Waals surface area contributed by atoms with Crippen molar-refractivity contribution < 1.29 is 19.1 Å². The highest BCUT2D eigenvalue weighted by molar-refractivity contribution is 5.88. The molecule has 1 saturated heterocycles. The van der Waals surface area contributed by atoms with Crippen molar-refractivity contribution in [1.29, 1.82) is 0 Å². The fraction of sp³-hybridized carbons (Fsp3) is 0.800. The second-order valence-corrected chi connectivity index (χ2v) is 4.86. The molecule has 6 heteroatoms. The highest BCUT2D eigenvalue weighted by Gasteiger charge is 2.40. The number of nitrogens with one attached hydrogen (secondary N) is 1. The molecule has 1 aliphatic rings. The van der Waals surface area contributed by atoms with Gasteiger partial charge in [-0.15, -0.1) is 0 Å². The summed E-state index contributed by atoms with van der Waals surface area (Å²) < 4.78 is 9.37. The van der Waals surface area contributed by atoms with E-state index in [9.17, 15) is 9.59 Å². The first kappa shape index (κ1) is 12.9. The van der Waals surface area contributed by atoms with E-state index in [1.54, 1.807) is 20.8 Å². The molecule has 1 aliphatic heterocycles. The zero-order chi connectivity index (χ0) is 12.4. The van der Waals surface area contributed by atoms with Crippen LogP contribution in [-0.2, 0) is 14.3 Å². The van der Waals surface area contributed by atoms with E-state index in [0.29, 0.717) is 13.0 Å². The summed E-state index contributed by atoms with van der Waals surface area (Å²) in [5.74, 6) is -0.792. The predicted octanol–water partition coefficient (Wildman–Crippen LogP) is 0.503. The number of hydrogen-bond donors (Lipinski definition) is 2. The summed E-state index contributed by atoms with van der Waals surface area (Å²) in [6, 6.07) is 0. The molecule has 1 heterocycles. The second kappa shape index (κ2) is 4.39. The topological polar surface area (TPSA) is 90.7 Å². The largest absolute Gasteiger partial charge is 0.516 e. The molecule has 0 unspecified atom stereocenters. The fourth-order valence-corrected chi connectivity index (χ4v) is 1.38. The van der Waals surface area contributed by atoms with Crippen LogP contribution < -0.4 is 11.1 Å². The molecule has 0 aromatic rings. The van der Waals surface area contributed by atoms with Gasteiger partial charge in [-0.25, -0.2) is 9.59 Å². The average Bonchev–Trinajstić information content (AvgIpc) is 2.49. The number of nitrogens with two attached hydrogens (primary N) is 1. The lowest BCUT2D eigenvalue weighted by Crippen LogP contribution is -2.57. The lowest BCUT2D eigenvalue weighted by molar-refractivity contribution is -0.148. The number of carbonyl (C=O) groups is 2.